The zero-order chi connectivity index (χ0) is 12.1. The molecule has 88 valence electrons. The van der Waals surface area contributed by atoms with Gasteiger partial charge in [-0.1, -0.05) is 25.1 Å². The van der Waals surface area contributed by atoms with Gasteiger partial charge in [0.05, 0.1) is 11.9 Å². The third kappa shape index (κ3) is 2.93. The Kier molecular flexibility index (Phi) is 3.55. The van der Waals surface area contributed by atoms with Crippen LogP contribution in [0, 0.1) is 0 Å². The molecule has 2 rings (SSSR count). The van der Waals surface area contributed by atoms with Gasteiger partial charge in [0.1, 0.15) is 0 Å². The van der Waals surface area contributed by atoms with E-state index >= 15 is 0 Å². The fraction of sp³-hybridized carbons (Fsp3) is 0.231. The predicted molar refractivity (Wildman–Crippen MR) is 65.7 cm³/mol. The van der Waals surface area contributed by atoms with Gasteiger partial charge in [-0.05, 0) is 12.1 Å². The van der Waals surface area contributed by atoms with E-state index in [1.54, 1.807) is 10.9 Å². The first-order chi connectivity index (χ1) is 8.29. The first-order valence-corrected chi connectivity index (χ1v) is 5.65. The minimum absolute atomic E-state index is 0.0532. The molecule has 1 aromatic heterocycles. The third-order valence-electron chi connectivity index (χ3n) is 2.47. The summed E-state index contributed by atoms with van der Waals surface area (Å²) < 4.78 is 1.80. The molecule has 1 N–H and O–H groups in total. The molecule has 0 spiro atoms. The van der Waals surface area contributed by atoms with Gasteiger partial charge in [-0.25, -0.2) is 4.68 Å². The average molecular weight is 229 g/mol. The van der Waals surface area contributed by atoms with Crippen LogP contribution in [0.15, 0.2) is 42.7 Å². The van der Waals surface area contributed by atoms with Crippen LogP contribution in [0.1, 0.15) is 18.9 Å². The lowest BCUT2D eigenvalue weighted by atomic mass is 10.3. The monoisotopic (exact) mass is 229 g/mol. The van der Waals surface area contributed by atoms with Gasteiger partial charge >= 0.3 is 0 Å². The van der Waals surface area contributed by atoms with Crippen molar-refractivity contribution in [2.75, 3.05) is 0 Å². The van der Waals surface area contributed by atoms with E-state index in [1.807, 2.05) is 43.5 Å². The zero-order valence-electron chi connectivity index (χ0n) is 9.76. The molecule has 1 amide bonds. The van der Waals surface area contributed by atoms with Gasteiger partial charge in [0.2, 0.25) is 5.91 Å². The molecule has 4 heteroatoms. The number of aromatic nitrogens is 2. The topological polar surface area (TPSA) is 46.9 Å². The maximum absolute atomic E-state index is 11.1. The van der Waals surface area contributed by atoms with Crippen molar-refractivity contribution in [3.05, 3.63) is 48.3 Å². The maximum Gasteiger partial charge on any atom is 0.219 e. The minimum Gasteiger partial charge on any atom is -0.352 e. The molecule has 2 aromatic rings. The second-order valence-electron chi connectivity index (χ2n) is 3.76. The Morgan fingerprint density at radius 3 is 2.82 bits per heavy atom. The van der Waals surface area contributed by atoms with Crippen LogP contribution in [0.2, 0.25) is 0 Å². The Hall–Kier alpha value is -2.10. The maximum atomic E-state index is 11.1. The molecule has 0 atom stereocenters. The summed E-state index contributed by atoms with van der Waals surface area (Å²) in [6.07, 6.45) is 4.20. The average Bonchev–Trinajstić information content (AvgIpc) is 2.86. The number of amides is 1. The van der Waals surface area contributed by atoms with E-state index in [9.17, 15) is 4.79 Å². The van der Waals surface area contributed by atoms with Crippen molar-refractivity contribution >= 4 is 5.91 Å². The smallest absolute Gasteiger partial charge is 0.219 e. The summed E-state index contributed by atoms with van der Waals surface area (Å²) in [6.45, 7) is 2.36. The lowest BCUT2D eigenvalue weighted by molar-refractivity contribution is -0.120. The Balaban J connectivity index is 2.04. The Morgan fingerprint density at radius 1 is 1.35 bits per heavy atom. The van der Waals surface area contributed by atoms with Crippen LogP contribution in [0.3, 0.4) is 0 Å². The molecule has 0 saturated heterocycles. The first-order valence-electron chi connectivity index (χ1n) is 5.65. The van der Waals surface area contributed by atoms with Crippen LogP contribution in [0.5, 0.6) is 0 Å². The van der Waals surface area contributed by atoms with Crippen LogP contribution in [0.25, 0.3) is 5.69 Å². The molecule has 0 fully saturated rings. The van der Waals surface area contributed by atoms with E-state index in [0.717, 1.165) is 11.3 Å². The van der Waals surface area contributed by atoms with Crippen molar-refractivity contribution < 1.29 is 4.79 Å². The van der Waals surface area contributed by atoms with Gasteiger partial charge < -0.3 is 5.32 Å². The number of nitrogens with zero attached hydrogens (tertiary/aromatic N) is 2. The van der Waals surface area contributed by atoms with Crippen molar-refractivity contribution in [2.24, 2.45) is 0 Å². The van der Waals surface area contributed by atoms with E-state index in [-0.39, 0.29) is 5.91 Å². The van der Waals surface area contributed by atoms with Crippen LogP contribution in [-0.2, 0) is 11.3 Å². The van der Waals surface area contributed by atoms with Gasteiger partial charge in [0.15, 0.2) is 0 Å². The lowest BCUT2D eigenvalue weighted by Crippen LogP contribution is -2.21. The number of carbonyl (C=O) groups excluding carboxylic acids is 1. The normalized spacial score (nSPS) is 10.2. The molecular formula is C13H15N3O. The van der Waals surface area contributed by atoms with Crippen molar-refractivity contribution in [3.8, 4) is 5.69 Å². The number of benzene rings is 1. The number of para-hydroxylation sites is 1. The molecule has 1 aromatic carbocycles. The molecule has 0 radical (unpaired) electrons. The summed E-state index contributed by atoms with van der Waals surface area (Å²) in [5.74, 6) is 0.0532. The highest BCUT2D eigenvalue weighted by atomic mass is 16.1. The number of carbonyl (C=O) groups is 1. The first kappa shape index (κ1) is 11.4. The quantitative estimate of drug-likeness (QED) is 0.870. The number of hydrogen-bond donors (Lipinski definition) is 1. The molecule has 0 bridgehead atoms. The fourth-order valence-electron chi connectivity index (χ4n) is 1.50. The molecule has 0 saturated carbocycles. The van der Waals surface area contributed by atoms with E-state index in [1.165, 1.54) is 0 Å². The van der Waals surface area contributed by atoms with Gasteiger partial charge in [0, 0.05) is 24.7 Å². The van der Waals surface area contributed by atoms with E-state index in [0.29, 0.717) is 13.0 Å². The minimum atomic E-state index is 0.0532. The van der Waals surface area contributed by atoms with Crippen LogP contribution >= 0.6 is 0 Å². The van der Waals surface area contributed by atoms with Crippen molar-refractivity contribution in [3.63, 3.8) is 0 Å². The molecule has 17 heavy (non-hydrogen) atoms. The summed E-state index contributed by atoms with van der Waals surface area (Å²) in [5.41, 5.74) is 2.01. The van der Waals surface area contributed by atoms with Gasteiger partial charge in [-0.2, -0.15) is 5.10 Å². The summed E-state index contributed by atoms with van der Waals surface area (Å²) >= 11 is 0. The van der Waals surface area contributed by atoms with E-state index in [4.69, 9.17) is 0 Å². The molecule has 0 aliphatic rings. The van der Waals surface area contributed by atoms with E-state index in [2.05, 4.69) is 10.4 Å². The summed E-state index contributed by atoms with van der Waals surface area (Å²) in [6, 6.07) is 9.88. The molecule has 4 nitrogen and oxygen atoms in total. The SMILES string of the molecule is CCC(=O)NCc1cnn(-c2ccccc2)c1. The standard InChI is InChI=1S/C13H15N3O/c1-2-13(17)14-8-11-9-15-16(10-11)12-6-4-3-5-7-12/h3-7,9-10H,2,8H2,1H3,(H,14,17). The van der Waals surface area contributed by atoms with Crippen molar-refractivity contribution in [1.82, 2.24) is 15.1 Å². The lowest BCUT2D eigenvalue weighted by Gasteiger charge is -2.00. The van der Waals surface area contributed by atoms with Gasteiger partial charge in [-0.15, -0.1) is 0 Å². The molecule has 0 aliphatic carbocycles. The Morgan fingerprint density at radius 2 is 2.12 bits per heavy atom. The highest BCUT2D eigenvalue weighted by Gasteiger charge is 2.02. The van der Waals surface area contributed by atoms with Crippen LogP contribution in [-0.4, -0.2) is 15.7 Å². The van der Waals surface area contributed by atoms with Crippen molar-refractivity contribution in [1.29, 1.82) is 0 Å². The predicted octanol–water partition coefficient (Wildman–Crippen LogP) is 1.90. The molecule has 0 aliphatic heterocycles. The van der Waals surface area contributed by atoms with E-state index < -0.39 is 0 Å². The molecule has 0 unspecified atom stereocenters. The Bertz CT molecular complexity index is 490. The molecular weight excluding hydrogens is 214 g/mol. The second kappa shape index (κ2) is 5.30. The summed E-state index contributed by atoms with van der Waals surface area (Å²) in [5, 5.41) is 7.08. The highest BCUT2D eigenvalue weighted by molar-refractivity contribution is 5.75. The number of rotatable bonds is 4. The highest BCUT2D eigenvalue weighted by Crippen LogP contribution is 2.07. The fourth-order valence-corrected chi connectivity index (χ4v) is 1.50. The molecule has 1 heterocycles. The zero-order valence-corrected chi connectivity index (χ0v) is 9.76. The number of nitrogens with one attached hydrogen (secondary N) is 1. The summed E-state index contributed by atoms with van der Waals surface area (Å²) in [4.78, 5) is 11.1. The second-order valence-corrected chi connectivity index (χ2v) is 3.76. The summed E-state index contributed by atoms with van der Waals surface area (Å²) in [7, 11) is 0. The van der Waals surface area contributed by atoms with Crippen molar-refractivity contribution in [2.45, 2.75) is 19.9 Å². The Labute approximate surface area is 100 Å². The van der Waals surface area contributed by atoms with Gasteiger partial charge in [-0.3, -0.25) is 4.79 Å². The largest absolute Gasteiger partial charge is 0.352 e. The van der Waals surface area contributed by atoms with Crippen LogP contribution < -0.4 is 5.32 Å². The number of hydrogen-bond acceptors (Lipinski definition) is 2. The third-order valence-corrected chi connectivity index (χ3v) is 2.47. The van der Waals surface area contributed by atoms with Gasteiger partial charge in [0.25, 0.3) is 0 Å². The van der Waals surface area contributed by atoms with Crippen LogP contribution in [0.4, 0.5) is 0 Å².